The Hall–Kier alpha value is -1.14. The van der Waals surface area contributed by atoms with Crippen molar-refractivity contribution in [3.05, 3.63) is 0 Å². The Balaban J connectivity index is 3.04. The Morgan fingerprint density at radius 1 is 1.29 bits per heavy atom. The average Bonchev–Trinajstić information content (AvgIpc) is 2.29. The molecule has 0 aromatic carbocycles. The lowest BCUT2D eigenvalue weighted by Crippen LogP contribution is -2.63. The third-order valence-corrected chi connectivity index (χ3v) is 3.55. The van der Waals surface area contributed by atoms with E-state index in [1.54, 1.807) is 4.90 Å². The highest BCUT2D eigenvalue weighted by Crippen LogP contribution is 2.29. The summed E-state index contributed by atoms with van der Waals surface area (Å²) in [5.41, 5.74) is -0.486. The van der Waals surface area contributed by atoms with Gasteiger partial charge in [-0.05, 0) is 12.8 Å². The van der Waals surface area contributed by atoms with Crippen LogP contribution in [0.5, 0.6) is 0 Å². The van der Waals surface area contributed by atoms with E-state index in [1.165, 1.54) is 0 Å². The standard InChI is InChI=1S/C11H19NO5/c1-3-11(4-2)7-17-6-5-12(11)8(9(13)14)10(15)16/h8H,3-7H2,1-2H3,(H,13,14)(H,15,16). The van der Waals surface area contributed by atoms with Gasteiger partial charge in [-0.1, -0.05) is 13.8 Å². The number of carboxylic acids is 2. The number of carboxylic acid groups (broad SMARTS) is 2. The van der Waals surface area contributed by atoms with Gasteiger partial charge in [-0.25, -0.2) is 9.59 Å². The number of rotatable bonds is 5. The van der Waals surface area contributed by atoms with Crippen LogP contribution in [0.2, 0.25) is 0 Å². The first kappa shape index (κ1) is 13.9. The minimum atomic E-state index is -1.49. The number of aliphatic carboxylic acids is 2. The van der Waals surface area contributed by atoms with Crippen molar-refractivity contribution in [2.24, 2.45) is 0 Å². The molecule has 0 saturated carbocycles. The van der Waals surface area contributed by atoms with Crippen LogP contribution in [0, 0.1) is 0 Å². The summed E-state index contributed by atoms with van der Waals surface area (Å²) in [6, 6.07) is -1.49. The molecule has 1 aliphatic rings. The van der Waals surface area contributed by atoms with E-state index in [2.05, 4.69) is 0 Å². The van der Waals surface area contributed by atoms with Gasteiger partial charge in [0.05, 0.1) is 13.2 Å². The van der Waals surface area contributed by atoms with E-state index in [0.29, 0.717) is 32.6 Å². The molecule has 6 nitrogen and oxygen atoms in total. The summed E-state index contributed by atoms with van der Waals surface area (Å²) in [4.78, 5) is 23.7. The highest BCUT2D eigenvalue weighted by molar-refractivity contribution is 5.97. The minimum Gasteiger partial charge on any atom is -0.480 e. The maximum Gasteiger partial charge on any atom is 0.332 e. The Morgan fingerprint density at radius 3 is 2.24 bits per heavy atom. The molecule has 0 unspecified atom stereocenters. The van der Waals surface area contributed by atoms with Crippen LogP contribution < -0.4 is 0 Å². The van der Waals surface area contributed by atoms with Crippen LogP contribution in [0.4, 0.5) is 0 Å². The number of carbonyl (C=O) groups is 2. The predicted octanol–water partition coefficient (Wildman–Crippen LogP) is 0.415. The van der Waals surface area contributed by atoms with Gasteiger partial charge in [-0.2, -0.15) is 0 Å². The molecule has 2 N–H and O–H groups in total. The van der Waals surface area contributed by atoms with Crippen LogP contribution >= 0.6 is 0 Å². The first-order chi connectivity index (χ1) is 7.98. The second-order valence-electron chi connectivity index (χ2n) is 4.26. The summed E-state index contributed by atoms with van der Waals surface area (Å²) >= 11 is 0. The largest absolute Gasteiger partial charge is 0.480 e. The molecule has 0 radical (unpaired) electrons. The van der Waals surface area contributed by atoms with Crippen molar-refractivity contribution in [2.75, 3.05) is 19.8 Å². The Morgan fingerprint density at radius 2 is 1.82 bits per heavy atom. The number of ether oxygens (including phenoxy) is 1. The first-order valence-electron chi connectivity index (χ1n) is 5.78. The molecule has 98 valence electrons. The summed E-state index contributed by atoms with van der Waals surface area (Å²) in [6.45, 7) is 4.94. The Bertz CT molecular complexity index is 286. The quantitative estimate of drug-likeness (QED) is 0.682. The monoisotopic (exact) mass is 245 g/mol. The zero-order valence-electron chi connectivity index (χ0n) is 10.2. The van der Waals surface area contributed by atoms with E-state index in [9.17, 15) is 9.59 Å². The molecule has 0 aromatic heterocycles. The van der Waals surface area contributed by atoms with Crippen molar-refractivity contribution in [3.8, 4) is 0 Å². The van der Waals surface area contributed by atoms with Crippen molar-refractivity contribution in [3.63, 3.8) is 0 Å². The molecule has 0 spiro atoms. The van der Waals surface area contributed by atoms with Crippen molar-refractivity contribution < 1.29 is 24.5 Å². The predicted molar refractivity (Wildman–Crippen MR) is 59.9 cm³/mol. The lowest BCUT2D eigenvalue weighted by Gasteiger charge is -2.47. The molecule has 0 aromatic rings. The van der Waals surface area contributed by atoms with Crippen LogP contribution in [0.25, 0.3) is 0 Å². The second-order valence-corrected chi connectivity index (χ2v) is 4.26. The maximum absolute atomic E-state index is 11.1. The molecule has 6 heteroatoms. The Kier molecular flexibility index (Phi) is 4.47. The van der Waals surface area contributed by atoms with E-state index in [1.807, 2.05) is 13.8 Å². The molecule has 1 rings (SSSR count). The SMILES string of the molecule is CCC1(CC)COCCN1C(C(=O)O)C(=O)O. The van der Waals surface area contributed by atoms with E-state index in [0.717, 1.165) is 0 Å². The van der Waals surface area contributed by atoms with Gasteiger partial charge in [0.2, 0.25) is 6.04 Å². The highest BCUT2D eigenvalue weighted by atomic mass is 16.5. The van der Waals surface area contributed by atoms with Gasteiger partial charge >= 0.3 is 11.9 Å². The topological polar surface area (TPSA) is 87.1 Å². The lowest BCUT2D eigenvalue weighted by molar-refractivity contribution is -0.168. The fourth-order valence-electron chi connectivity index (χ4n) is 2.38. The van der Waals surface area contributed by atoms with Gasteiger partial charge in [0.25, 0.3) is 0 Å². The summed E-state index contributed by atoms with van der Waals surface area (Å²) in [6.07, 6.45) is 1.33. The molecule has 17 heavy (non-hydrogen) atoms. The van der Waals surface area contributed by atoms with Crippen LogP contribution in [-0.2, 0) is 14.3 Å². The zero-order valence-corrected chi connectivity index (χ0v) is 10.2. The fourth-order valence-corrected chi connectivity index (χ4v) is 2.38. The number of hydrogen-bond acceptors (Lipinski definition) is 4. The molecule has 1 fully saturated rings. The van der Waals surface area contributed by atoms with Gasteiger partial charge in [-0.15, -0.1) is 0 Å². The fraction of sp³-hybridized carbons (Fsp3) is 0.818. The van der Waals surface area contributed by atoms with Crippen LogP contribution in [0.3, 0.4) is 0 Å². The summed E-state index contributed by atoms with van der Waals surface area (Å²) < 4.78 is 5.38. The summed E-state index contributed by atoms with van der Waals surface area (Å²) in [7, 11) is 0. The molecule has 1 saturated heterocycles. The molecule has 1 aliphatic heterocycles. The summed E-state index contributed by atoms with van der Waals surface area (Å²) in [5.74, 6) is -2.63. The molecule has 1 heterocycles. The third kappa shape index (κ3) is 2.58. The zero-order chi connectivity index (χ0) is 13.1. The van der Waals surface area contributed by atoms with E-state index in [4.69, 9.17) is 14.9 Å². The Labute approximate surface area is 100 Å². The number of nitrogens with zero attached hydrogens (tertiary/aromatic N) is 1. The normalized spacial score (nSPS) is 20.4. The highest BCUT2D eigenvalue weighted by Gasteiger charge is 2.46. The van der Waals surface area contributed by atoms with Crippen LogP contribution in [0.15, 0.2) is 0 Å². The molecular formula is C11H19NO5. The van der Waals surface area contributed by atoms with E-state index < -0.39 is 23.5 Å². The number of hydrogen-bond donors (Lipinski definition) is 2. The van der Waals surface area contributed by atoms with Crippen molar-refractivity contribution >= 4 is 11.9 Å². The maximum atomic E-state index is 11.1. The molecule has 0 atom stereocenters. The van der Waals surface area contributed by atoms with Crippen LogP contribution in [0.1, 0.15) is 26.7 Å². The van der Waals surface area contributed by atoms with Crippen LogP contribution in [-0.4, -0.2) is 58.4 Å². The molecule has 0 bridgehead atoms. The lowest BCUT2D eigenvalue weighted by atomic mass is 9.88. The summed E-state index contributed by atoms with van der Waals surface area (Å²) in [5, 5.41) is 18.1. The van der Waals surface area contributed by atoms with Gasteiger partial charge in [-0.3, -0.25) is 4.90 Å². The number of morpholine rings is 1. The second kappa shape index (κ2) is 5.46. The molecule has 0 amide bonds. The van der Waals surface area contributed by atoms with Crippen molar-refractivity contribution in [1.29, 1.82) is 0 Å². The van der Waals surface area contributed by atoms with E-state index >= 15 is 0 Å². The molecule has 0 aliphatic carbocycles. The van der Waals surface area contributed by atoms with Gasteiger partial charge < -0.3 is 14.9 Å². The van der Waals surface area contributed by atoms with Gasteiger partial charge in [0.15, 0.2) is 0 Å². The van der Waals surface area contributed by atoms with Gasteiger partial charge in [0, 0.05) is 12.1 Å². The van der Waals surface area contributed by atoms with E-state index in [-0.39, 0.29) is 0 Å². The smallest absolute Gasteiger partial charge is 0.332 e. The first-order valence-corrected chi connectivity index (χ1v) is 5.78. The minimum absolute atomic E-state index is 0.338. The third-order valence-electron chi connectivity index (χ3n) is 3.55. The average molecular weight is 245 g/mol. The van der Waals surface area contributed by atoms with Gasteiger partial charge in [0.1, 0.15) is 0 Å². The van der Waals surface area contributed by atoms with Crippen molar-refractivity contribution in [1.82, 2.24) is 4.90 Å². The van der Waals surface area contributed by atoms with Crippen molar-refractivity contribution in [2.45, 2.75) is 38.3 Å². The molecular weight excluding hydrogens is 226 g/mol.